The minimum Gasteiger partial charge on any atom is -0.457 e. The fraction of sp³-hybridized carbons (Fsp3) is 0.462. The molecule has 1 unspecified atom stereocenters. The Morgan fingerprint density at radius 1 is 1.53 bits per heavy atom. The molecule has 0 saturated carbocycles. The summed E-state index contributed by atoms with van der Waals surface area (Å²) in [6, 6.07) is 5.59. The molecule has 4 heteroatoms. The molecule has 1 heterocycles. The molecule has 1 saturated heterocycles. The summed E-state index contributed by atoms with van der Waals surface area (Å²) in [4.78, 5) is 13.9. The molecule has 17 heavy (non-hydrogen) atoms. The minimum atomic E-state index is -0.440. The second-order valence-corrected chi connectivity index (χ2v) is 4.44. The van der Waals surface area contributed by atoms with Gasteiger partial charge in [0.2, 0.25) is 0 Å². The second-order valence-electron chi connectivity index (χ2n) is 4.44. The van der Waals surface area contributed by atoms with Crippen molar-refractivity contribution in [3.63, 3.8) is 0 Å². The number of ether oxygens (including phenoxy) is 1. The number of piperidine rings is 1. The fourth-order valence-electron chi connectivity index (χ4n) is 2.05. The number of hydrogen-bond donors (Lipinski definition) is 0. The molecule has 3 nitrogen and oxygen atoms in total. The van der Waals surface area contributed by atoms with Gasteiger partial charge in [-0.25, -0.2) is 9.18 Å². The predicted octanol–water partition coefficient (Wildman–Crippen LogP) is 2.08. The zero-order valence-corrected chi connectivity index (χ0v) is 9.86. The molecule has 0 N–H and O–H groups in total. The van der Waals surface area contributed by atoms with Gasteiger partial charge >= 0.3 is 5.97 Å². The number of hydrogen-bond acceptors (Lipinski definition) is 3. The first-order valence-corrected chi connectivity index (χ1v) is 5.80. The third-order valence-electron chi connectivity index (χ3n) is 2.92. The first-order chi connectivity index (χ1) is 8.15. The average molecular weight is 237 g/mol. The molecule has 92 valence electrons. The number of carbonyl (C=O) groups excluding carboxylic acids is 1. The first-order valence-electron chi connectivity index (χ1n) is 5.80. The molecule has 0 amide bonds. The van der Waals surface area contributed by atoms with E-state index in [4.69, 9.17) is 4.74 Å². The van der Waals surface area contributed by atoms with Gasteiger partial charge in [-0.2, -0.15) is 0 Å². The van der Waals surface area contributed by atoms with E-state index in [0.29, 0.717) is 0 Å². The van der Waals surface area contributed by atoms with E-state index in [2.05, 4.69) is 4.90 Å². The van der Waals surface area contributed by atoms with Crippen molar-refractivity contribution in [2.75, 3.05) is 20.1 Å². The van der Waals surface area contributed by atoms with E-state index in [1.54, 1.807) is 6.07 Å². The standard InChI is InChI=1S/C13H16FNO2/c1-15-7-3-6-12(9-15)17-13(16)10-4-2-5-11(14)8-10/h2,4-5,8,12H,3,6-7,9H2,1H3. The summed E-state index contributed by atoms with van der Waals surface area (Å²) in [5.74, 6) is -0.856. The summed E-state index contributed by atoms with van der Waals surface area (Å²) in [5.41, 5.74) is 0.276. The summed E-state index contributed by atoms with van der Waals surface area (Å²) < 4.78 is 18.3. The van der Waals surface area contributed by atoms with Gasteiger partial charge in [0.25, 0.3) is 0 Å². The highest BCUT2D eigenvalue weighted by Gasteiger charge is 2.21. The molecule has 1 aromatic rings. The largest absolute Gasteiger partial charge is 0.457 e. The van der Waals surface area contributed by atoms with Gasteiger partial charge in [0.15, 0.2) is 0 Å². The van der Waals surface area contributed by atoms with Gasteiger partial charge in [-0.3, -0.25) is 0 Å². The molecule has 0 aliphatic carbocycles. The Balaban J connectivity index is 1.97. The van der Waals surface area contributed by atoms with Gasteiger partial charge < -0.3 is 9.64 Å². The van der Waals surface area contributed by atoms with Crippen LogP contribution in [0.2, 0.25) is 0 Å². The van der Waals surface area contributed by atoms with E-state index in [1.165, 1.54) is 18.2 Å². The van der Waals surface area contributed by atoms with Crippen LogP contribution in [-0.4, -0.2) is 37.1 Å². The van der Waals surface area contributed by atoms with Crippen LogP contribution in [0.5, 0.6) is 0 Å². The second kappa shape index (κ2) is 5.27. The summed E-state index contributed by atoms with van der Waals surface area (Å²) in [7, 11) is 2.00. The van der Waals surface area contributed by atoms with Crippen molar-refractivity contribution in [1.29, 1.82) is 0 Å². The van der Waals surface area contributed by atoms with Gasteiger partial charge in [0.05, 0.1) is 5.56 Å². The average Bonchev–Trinajstić information content (AvgIpc) is 2.29. The van der Waals surface area contributed by atoms with Gasteiger partial charge in [-0.1, -0.05) is 6.07 Å². The molecule has 1 atom stereocenters. The highest BCUT2D eigenvalue weighted by Crippen LogP contribution is 2.14. The number of likely N-dealkylation sites (N-methyl/N-ethyl adjacent to an activating group) is 1. The highest BCUT2D eigenvalue weighted by atomic mass is 19.1. The summed E-state index contributed by atoms with van der Waals surface area (Å²) in [6.45, 7) is 1.79. The van der Waals surface area contributed by atoms with Crippen LogP contribution in [0.25, 0.3) is 0 Å². The summed E-state index contributed by atoms with van der Waals surface area (Å²) in [5, 5.41) is 0. The van der Waals surface area contributed by atoms with Crippen molar-refractivity contribution >= 4 is 5.97 Å². The number of halogens is 1. The molecule has 0 bridgehead atoms. The molecule has 0 radical (unpaired) electrons. The zero-order chi connectivity index (χ0) is 12.3. The molecule has 0 aromatic heterocycles. The lowest BCUT2D eigenvalue weighted by molar-refractivity contribution is 0.0108. The Morgan fingerprint density at radius 3 is 3.06 bits per heavy atom. The quantitative estimate of drug-likeness (QED) is 0.737. The highest BCUT2D eigenvalue weighted by molar-refractivity contribution is 5.89. The number of likely N-dealkylation sites (tertiary alicyclic amines) is 1. The molecular formula is C13H16FNO2. The molecule has 2 rings (SSSR count). The van der Waals surface area contributed by atoms with Crippen molar-refractivity contribution in [3.05, 3.63) is 35.6 Å². The third kappa shape index (κ3) is 3.27. The van der Waals surface area contributed by atoms with Gasteiger partial charge in [-0.05, 0) is 44.6 Å². The van der Waals surface area contributed by atoms with Crippen LogP contribution < -0.4 is 0 Å². The lowest BCUT2D eigenvalue weighted by Crippen LogP contribution is -2.38. The molecule has 1 fully saturated rings. The molecule has 1 aromatic carbocycles. The summed E-state index contributed by atoms with van der Waals surface area (Å²) >= 11 is 0. The normalized spacial score (nSPS) is 21.2. The Labute approximate surface area is 100 Å². The third-order valence-corrected chi connectivity index (χ3v) is 2.92. The van der Waals surface area contributed by atoms with E-state index < -0.39 is 11.8 Å². The molecule has 1 aliphatic heterocycles. The van der Waals surface area contributed by atoms with Crippen molar-refractivity contribution in [2.24, 2.45) is 0 Å². The lowest BCUT2D eigenvalue weighted by atomic mass is 10.1. The lowest BCUT2D eigenvalue weighted by Gasteiger charge is -2.29. The van der Waals surface area contributed by atoms with E-state index in [9.17, 15) is 9.18 Å². The Kier molecular flexibility index (Phi) is 3.74. The topological polar surface area (TPSA) is 29.5 Å². The van der Waals surface area contributed by atoms with Crippen molar-refractivity contribution in [1.82, 2.24) is 4.90 Å². The van der Waals surface area contributed by atoms with Crippen molar-refractivity contribution in [3.8, 4) is 0 Å². The van der Waals surface area contributed by atoms with E-state index in [0.717, 1.165) is 25.9 Å². The number of esters is 1. The molecule has 1 aliphatic rings. The van der Waals surface area contributed by atoms with Crippen LogP contribution in [0.15, 0.2) is 24.3 Å². The van der Waals surface area contributed by atoms with E-state index in [-0.39, 0.29) is 11.7 Å². The fourth-order valence-corrected chi connectivity index (χ4v) is 2.05. The van der Waals surface area contributed by atoms with Crippen molar-refractivity contribution < 1.29 is 13.9 Å². The maximum atomic E-state index is 13.0. The number of rotatable bonds is 2. The van der Waals surface area contributed by atoms with Crippen LogP contribution in [0.1, 0.15) is 23.2 Å². The maximum Gasteiger partial charge on any atom is 0.338 e. The van der Waals surface area contributed by atoms with E-state index >= 15 is 0 Å². The predicted molar refractivity (Wildman–Crippen MR) is 62.3 cm³/mol. The van der Waals surface area contributed by atoms with Gasteiger partial charge in [0.1, 0.15) is 11.9 Å². The Bertz CT molecular complexity index is 408. The van der Waals surface area contributed by atoms with Gasteiger partial charge in [-0.15, -0.1) is 0 Å². The number of nitrogens with zero attached hydrogens (tertiary/aromatic N) is 1. The van der Waals surface area contributed by atoms with Crippen LogP contribution in [0.3, 0.4) is 0 Å². The Morgan fingerprint density at radius 2 is 2.35 bits per heavy atom. The number of benzene rings is 1. The van der Waals surface area contributed by atoms with Crippen LogP contribution in [-0.2, 0) is 4.74 Å². The molecule has 0 spiro atoms. The first kappa shape index (κ1) is 12.0. The smallest absolute Gasteiger partial charge is 0.338 e. The molecular weight excluding hydrogens is 221 g/mol. The van der Waals surface area contributed by atoms with E-state index in [1.807, 2.05) is 7.05 Å². The van der Waals surface area contributed by atoms with Crippen molar-refractivity contribution in [2.45, 2.75) is 18.9 Å². The SMILES string of the molecule is CN1CCCC(OC(=O)c2cccc(F)c2)C1. The summed E-state index contributed by atoms with van der Waals surface area (Å²) in [6.07, 6.45) is 1.83. The van der Waals surface area contributed by atoms with Crippen LogP contribution in [0.4, 0.5) is 4.39 Å². The van der Waals surface area contributed by atoms with Gasteiger partial charge in [0, 0.05) is 6.54 Å². The minimum absolute atomic E-state index is 0.0792. The number of carbonyl (C=O) groups is 1. The van der Waals surface area contributed by atoms with Crippen LogP contribution >= 0.6 is 0 Å². The maximum absolute atomic E-state index is 13.0. The van der Waals surface area contributed by atoms with Crippen LogP contribution in [0, 0.1) is 5.82 Å². The monoisotopic (exact) mass is 237 g/mol. The Hall–Kier alpha value is -1.42. The zero-order valence-electron chi connectivity index (χ0n) is 9.86.